The van der Waals surface area contributed by atoms with Crippen LogP contribution in [0, 0.1) is 13.8 Å². The zero-order valence-electron chi connectivity index (χ0n) is 17.6. The van der Waals surface area contributed by atoms with Gasteiger partial charge < -0.3 is 33.3 Å². The van der Waals surface area contributed by atoms with E-state index in [0.29, 0.717) is 11.3 Å². The van der Waals surface area contributed by atoms with E-state index < -0.39 is 28.3 Å². The van der Waals surface area contributed by atoms with Gasteiger partial charge in [-0.1, -0.05) is 0 Å². The van der Waals surface area contributed by atoms with Crippen LogP contribution in [0.3, 0.4) is 0 Å². The summed E-state index contributed by atoms with van der Waals surface area (Å²) in [7, 11) is 4.28. The van der Waals surface area contributed by atoms with Crippen molar-refractivity contribution in [2.45, 2.75) is 19.8 Å². The van der Waals surface area contributed by atoms with Crippen molar-refractivity contribution >= 4 is 0 Å². The van der Waals surface area contributed by atoms with Crippen LogP contribution in [0.2, 0.25) is 0 Å². The van der Waals surface area contributed by atoms with Crippen molar-refractivity contribution in [1.29, 1.82) is 0 Å². The topological polar surface area (TPSA) is 129 Å². The van der Waals surface area contributed by atoms with E-state index in [9.17, 15) is 19.8 Å². The number of rotatable bonds is 6. The number of aryl methyl sites for hydroxylation is 2. The third kappa shape index (κ3) is 3.94. The minimum atomic E-state index is -1.19. The molecule has 0 fully saturated rings. The molecule has 0 aliphatic heterocycles. The molecule has 164 valence electrons. The molecule has 2 aromatic heterocycles. The molecule has 2 heterocycles. The van der Waals surface area contributed by atoms with Gasteiger partial charge in [0.2, 0.25) is 28.1 Å². The lowest BCUT2D eigenvalue weighted by atomic mass is 9.91. The highest BCUT2D eigenvalue weighted by atomic mass is 16.5. The predicted molar refractivity (Wildman–Crippen MR) is 110 cm³/mol. The molecule has 0 atom stereocenters. The smallest absolute Gasteiger partial charge is 0.227 e. The van der Waals surface area contributed by atoms with Gasteiger partial charge in [-0.2, -0.15) is 0 Å². The van der Waals surface area contributed by atoms with Crippen molar-refractivity contribution in [1.82, 2.24) is 0 Å². The van der Waals surface area contributed by atoms with Gasteiger partial charge >= 0.3 is 0 Å². The molecule has 1 aromatic carbocycles. The Labute approximate surface area is 177 Å². The van der Waals surface area contributed by atoms with E-state index in [2.05, 4.69) is 0 Å². The third-order valence-corrected chi connectivity index (χ3v) is 4.69. The number of hydrogen-bond acceptors (Lipinski definition) is 9. The summed E-state index contributed by atoms with van der Waals surface area (Å²) >= 11 is 0. The van der Waals surface area contributed by atoms with Gasteiger partial charge in [0.15, 0.2) is 23.0 Å². The molecule has 0 spiro atoms. The van der Waals surface area contributed by atoms with Gasteiger partial charge in [0.05, 0.1) is 21.3 Å². The number of ether oxygens (including phenoxy) is 3. The van der Waals surface area contributed by atoms with E-state index in [1.807, 2.05) is 0 Å². The van der Waals surface area contributed by atoms with E-state index in [0.717, 1.165) is 12.1 Å². The van der Waals surface area contributed by atoms with Gasteiger partial charge in [0.25, 0.3) is 0 Å². The molecule has 0 aliphatic rings. The van der Waals surface area contributed by atoms with Gasteiger partial charge in [0.1, 0.15) is 17.4 Å². The Hall–Kier alpha value is -3.88. The normalized spacial score (nSPS) is 10.9. The Balaban J connectivity index is 2.45. The van der Waals surface area contributed by atoms with E-state index in [1.54, 1.807) is 0 Å². The molecule has 9 nitrogen and oxygen atoms in total. The lowest BCUT2D eigenvalue weighted by Gasteiger charge is -2.21. The maximum Gasteiger partial charge on any atom is 0.227 e. The quantitative estimate of drug-likeness (QED) is 0.606. The second-order valence-corrected chi connectivity index (χ2v) is 6.76. The van der Waals surface area contributed by atoms with Crippen LogP contribution in [0.4, 0.5) is 0 Å². The molecule has 0 radical (unpaired) electrons. The summed E-state index contributed by atoms with van der Waals surface area (Å²) < 4.78 is 27.4. The second-order valence-electron chi connectivity index (χ2n) is 6.76. The SMILES string of the molecule is COc1cc(C(c2oc(C)cc(=O)c2O)c2oc(C)cc(=O)c2O)cc(OC)c1OC. The maximum absolute atomic E-state index is 12.3. The van der Waals surface area contributed by atoms with Crippen molar-refractivity contribution in [3.05, 3.63) is 73.3 Å². The monoisotopic (exact) mass is 430 g/mol. The fourth-order valence-corrected chi connectivity index (χ4v) is 3.33. The van der Waals surface area contributed by atoms with Crippen LogP contribution in [-0.4, -0.2) is 31.5 Å². The third-order valence-electron chi connectivity index (χ3n) is 4.69. The lowest BCUT2D eigenvalue weighted by Crippen LogP contribution is -2.13. The lowest BCUT2D eigenvalue weighted by molar-refractivity contribution is 0.321. The molecule has 0 amide bonds. The summed E-state index contributed by atoms with van der Waals surface area (Å²) in [6, 6.07) is 5.32. The summed E-state index contributed by atoms with van der Waals surface area (Å²) in [5.74, 6) is -1.73. The molecule has 0 aliphatic carbocycles. The first-order valence-corrected chi connectivity index (χ1v) is 9.18. The van der Waals surface area contributed by atoms with Crippen molar-refractivity contribution in [2.24, 2.45) is 0 Å². The van der Waals surface area contributed by atoms with Crippen LogP contribution in [0.15, 0.2) is 42.7 Å². The Bertz CT molecular complexity index is 1150. The summed E-state index contributed by atoms with van der Waals surface area (Å²) in [6.45, 7) is 3.06. The van der Waals surface area contributed by atoms with E-state index >= 15 is 0 Å². The van der Waals surface area contributed by atoms with Crippen LogP contribution in [0.5, 0.6) is 28.7 Å². The van der Waals surface area contributed by atoms with E-state index in [4.69, 9.17) is 23.0 Å². The molecule has 0 saturated carbocycles. The van der Waals surface area contributed by atoms with Gasteiger partial charge in [-0.15, -0.1) is 0 Å². The highest BCUT2D eigenvalue weighted by Crippen LogP contribution is 2.45. The molecule has 3 aromatic rings. The first-order valence-electron chi connectivity index (χ1n) is 9.18. The van der Waals surface area contributed by atoms with Crippen LogP contribution in [-0.2, 0) is 0 Å². The van der Waals surface area contributed by atoms with Crippen molar-refractivity contribution in [2.75, 3.05) is 21.3 Å². The molecule has 9 heteroatoms. The Kier molecular flexibility index (Phi) is 5.96. The largest absolute Gasteiger partial charge is 0.502 e. The highest BCUT2D eigenvalue weighted by Gasteiger charge is 2.32. The summed E-state index contributed by atoms with van der Waals surface area (Å²) in [5, 5.41) is 21.0. The highest BCUT2D eigenvalue weighted by molar-refractivity contribution is 5.57. The Morgan fingerprint density at radius 2 is 1.16 bits per heavy atom. The predicted octanol–water partition coefficient (Wildman–Crippen LogP) is 2.83. The second kappa shape index (κ2) is 8.47. The summed E-state index contributed by atoms with van der Waals surface area (Å²) in [4.78, 5) is 24.5. The molecular weight excluding hydrogens is 408 g/mol. The van der Waals surface area contributed by atoms with Gasteiger partial charge in [-0.05, 0) is 31.5 Å². The molecule has 0 saturated heterocycles. The zero-order chi connectivity index (χ0) is 22.9. The Morgan fingerprint density at radius 1 is 0.742 bits per heavy atom. The van der Waals surface area contributed by atoms with Crippen LogP contribution in [0.1, 0.15) is 34.5 Å². The summed E-state index contributed by atoms with van der Waals surface area (Å²) in [6.07, 6.45) is 0. The van der Waals surface area contributed by atoms with Crippen LogP contribution < -0.4 is 25.1 Å². The van der Waals surface area contributed by atoms with E-state index in [1.165, 1.54) is 47.3 Å². The number of methoxy groups -OCH3 is 3. The fourth-order valence-electron chi connectivity index (χ4n) is 3.33. The summed E-state index contributed by atoms with van der Waals surface area (Å²) in [5.41, 5.74) is -1.04. The minimum Gasteiger partial charge on any atom is -0.502 e. The molecule has 3 rings (SSSR count). The fraction of sp³-hybridized carbons (Fsp3) is 0.273. The maximum atomic E-state index is 12.3. The average molecular weight is 430 g/mol. The molecule has 0 unspecified atom stereocenters. The Morgan fingerprint density at radius 3 is 1.52 bits per heavy atom. The number of hydrogen-bond donors (Lipinski definition) is 2. The van der Waals surface area contributed by atoms with Crippen molar-refractivity contribution in [3.8, 4) is 28.7 Å². The number of aromatic hydroxyl groups is 2. The molecule has 2 N–H and O–H groups in total. The van der Waals surface area contributed by atoms with Gasteiger partial charge in [-0.25, -0.2) is 0 Å². The minimum absolute atomic E-state index is 0.213. The average Bonchev–Trinajstić information content (AvgIpc) is 2.74. The van der Waals surface area contributed by atoms with Crippen LogP contribution >= 0.6 is 0 Å². The molecular formula is C22H22O9. The number of benzene rings is 1. The van der Waals surface area contributed by atoms with Crippen molar-refractivity contribution < 1.29 is 33.3 Å². The zero-order valence-corrected chi connectivity index (χ0v) is 17.6. The van der Waals surface area contributed by atoms with Crippen LogP contribution in [0.25, 0.3) is 0 Å². The van der Waals surface area contributed by atoms with E-state index in [-0.39, 0.29) is 34.5 Å². The van der Waals surface area contributed by atoms with Gasteiger partial charge in [-0.3, -0.25) is 9.59 Å². The van der Waals surface area contributed by atoms with Crippen molar-refractivity contribution in [3.63, 3.8) is 0 Å². The molecule has 0 bridgehead atoms. The standard InChI is InChI=1S/C22H22O9/c1-10-6-13(23)18(25)21(30-10)17(22-19(26)14(24)7-11(2)31-22)12-8-15(27-3)20(29-5)16(9-12)28-4/h6-9,17,25-26H,1-5H3. The first-order chi connectivity index (χ1) is 14.7. The van der Waals surface area contributed by atoms with Gasteiger partial charge in [0, 0.05) is 12.1 Å². The first kappa shape index (κ1) is 21.8. The molecule has 31 heavy (non-hydrogen) atoms.